The minimum absolute atomic E-state index is 0.219. The number of benzene rings is 1. The molecule has 3 heteroatoms. The van der Waals surface area contributed by atoms with Gasteiger partial charge in [-0.2, -0.15) is 0 Å². The first-order valence-corrected chi connectivity index (χ1v) is 8.34. The lowest BCUT2D eigenvalue weighted by Gasteiger charge is -2.28. The van der Waals surface area contributed by atoms with Gasteiger partial charge in [0, 0.05) is 19.0 Å². The molecule has 1 aromatic rings. The van der Waals surface area contributed by atoms with E-state index in [4.69, 9.17) is 0 Å². The molecule has 1 aliphatic carbocycles. The highest BCUT2D eigenvalue weighted by molar-refractivity contribution is 5.78. The predicted octanol–water partition coefficient (Wildman–Crippen LogP) is 3.08. The zero-order valence-electron chi connectivity index (χ0n) is 13.1. The molecule has 0 heterocycles. The van der Waals surface area contributed by atoms with Gasteiger partial charge in [-0.15, -0.1) is 0 Å². The second kappa shape index (κ2) is 8.83. The smallest absolute Gasteiger partial charge is 0.223 e. The summed E-state index contributed by atoms with van der Waals surface area (Å²) in [7, 11) is 0. The first-order valence-electron chi connectivity index (χ1n) is 8.34. The van der Waals surface area contributed by atoms with Crippen LogP contribution in [-0.2, 0) is 4.79 Å². The Hall–Kier alpha value is -1.35. The molecule has 0 aromatic heterocycles. The van der Waals surface area contributed by atoms with Crippen LogP contribution in [0.15, 0.2) is 30.3 Å². The summed E-state index contributed by atoms with van der Waals surface area (Å²) in [4.78, 5) is 12.1. The van der Waals surface area contributed by atoms with Crippen molar-refractivity contribution in [3.8, 4) is 0 Å². The first kappa shape index (κ1) is 16.0. The number of nitrogens with one attached hydrogen (secondary N) is 2. The van der Waals surface area contributed by atoms with E-state index in [0.717, 1.165) is 51.7 Å². The largest absolute Gasteiger partial charge is 0.355 e. The van der Waals surface area contributed by atoms with Crippen LogP contribution in [0.5, 0.6) is 0 Å². The van der Waals surface area contributed by atoms with Crippen LogP contribution in [0.1, 0.15) is 50.5 Å². The van der Waals surface area contributed by atoms with Gasteiger partial charge in [-0.3, -0.25) is 4.79 Å². The fourth-order valence-electron chi connectivity index (χ4n) is 3.13. The maximum Gasteiger partial charge on any atom is 0.223 e. The molecule has 0 atom stereocenters. The highest BCUT2D eigenvalue weighted by atomic mass is 16.1. The zero-order chi connectivity index (χ0) is 14.9. The van der Waals surface area contributed by atoms with Gasteiger partial charge in [-0.1, -0.05) is 37.3 Å². The standard InChI is InChI=1S/C18H28N2O/c1-2-12-19-13-14-20-18(21)17-10-8-16(9-11-17)15-6-4-3-5-7-15/h3-7,16-17,19H,2,8-14H2,1H3,(H,20,21). The van der Waals surface area contributed by atoms with E-state index >= 15 is 0 Å². The second-order valence-electron chi connectivity index (χ2n) is 6.00. The van der Waals surface area contributed by atoms with E-state index in [2.05, 4.69) is 47.9 Å². The molecule has 2 rings (SSSR count). The molecule has 21 heavy (non-hydrogen) atoms. The molecule has 0 spiro atoms. The number of carbonyl (C=O) groups excluding carboxylic acids is 1. The Balaban J connectivity index is 1.67. The highest BCUT2D eigenvalue weighted by Gasteiger charge is 2.26. The van der Waals surface area contributed by atoms with E-state index < -0.39 is 0 Å². The van der Waals surface area contributed by atoms with Crippen molar-refractivity contribution in [2.24, 2.45) is 5.92 Å². The third-order valence-corrected chi connectivity index (χ3v) is 4.40. The first-order chi connectivity index (χ1) is 10.3. The lowest BCUT2D eigenvalue weighted by molar-refractivity contribution is -0.125. The zero-order valence-corrected chi connectivity index (χ0v) is 13.1. The van der Waals surface area contributed by atoms with Crippen molar-refractivity contribution in [3.05, 3.63) is 35.9 Å². The summed E-state index contributed by atoms with van der Waals surface area (Å²) in [6.45, 7) is 4.80. The number of hydrogen-bond acceptors (Lipinski definition) is 2. The molecule has 1 saturated carbocycles. The fraction of sp³-hybridized carbons (Fsp3) is 0.611. The highest BCUT2D eigenvalue weighted by Crippen LogP contribution is 2.35. The van der Waals surface area contributed by atoms with Crippen LogP contribution in [0, 0.1) is 5.92 Å². The molecule has 1 fully saturated rings. The summed E-state index contributed by atoms with van der Waals surface area (Å²) < 4.78 is 0. The molecule has 0 saturated heterocycles. The molecule has 1 amide bonds. The van der Waals surface area contributed by atoms with Crippen molar-refractivity contribution in [1.29, 1.82) is 0 Å². The fourth-order valence-corrected chi connectivity index (χ4v) is 3.13. The van der Waals surface area contributed by atoms with E-state index in [9.17, 15) is 4.79 Å². The van der Waals surface area contributed by atoms with Gasteiger partial charge in [-0.05, 0) is 50.1 Å². The van der Waals surface area contributed by atoms with Crippen LogP contribution in [0.4, 0.5) is 0 Å². The Bertz CT molecular complexity index is 410. The third-order valence-electron chi connectivity index (χ3n) is 4.40. The monoisotopic (exact) mass is 288 g/mol. The minimum atomic E-state index is 0.219. The molecule has 1 aliphatic rings. The maximum atomic E-state index is 12.1. The summed E-state index contributed by atoms with van der Waals surface area (Å²) in [5, 5.41) is 6.37. The van der Waals surface area contributed by atoms with Gasteiger partial charge in [0.15, 0.2) is 0 Å². The number of hydrogen-bond donors (Lipinski definition) is 2. The van der Waals surface area contributed by atoms with Crippen LogP contribution < -0.4 is 10.6 Å². The molecular weight excluding hydrogens is 260 g/mol. The predicted molar refractivity (Wildman–Crippen MR) is 87.3 cm³/mol. The summed E-state index contributed by atoms with van der Waals surface area (Å²) in [6.07, 6.45) is 5.45. The summed E-state index contributed by atoms with van der Waals surface area (Å²) in [6, 6.07) is 10.7. The van der Waals surface area contributed by atoms with Crippen molar-refractivity contribution in [3.63, 3.8) is 0 Å². The average molecular weight is 288 g/mol. The van der Waals surface area contributed by atoms with Gasteiger partial charge in [0.1, 0.15) is 0 Å². The van der Waals surface area contributed by atoms with E-state index in [1.54, 1.807) is 0 Å². The van der Waals surface area contributed by atoms with E-state index in [1.165, 1.54) is 5.56 Å². The van der Waals surface area contributed by atoms with Crippen LogP contribution in [0.2, 0.25) is 0 Å². The van der Waals surface area contributed by atoms with Gasteiger partial charge in [-0.25, -0.2) is 0 Å². The molecule has 1 aromatic carbocycles. The molecule has 2 N–H and O–H groups in total. The van der Waals surface area contributed by atoms with Crippen LogP contribution >= 0.6 is 0 Å². The van der Waals surface area contributed by atoms with Crippen LogP contribution in [0.25, 0.3) is 0 Å². The van der Waals surface area contributed by atoms with Crippen LogP contribution in [-0.4, -0.2) is 25.5 Å². The summed E-state index contributed by atoms with van der Waals surface area (Å²) in [5.74, 6) is 1.11. The van der Waals surface area contributed by atoms with Crippen molar-refractivity contribution < 1.29 is 4.79 Å². The van der Waals surface area contributed by atoms with Gasteiger partial charge < -0.3 is 10.6 Å². The minimum Gasteiger partial charge on any atom is -0.355 e. The Morgan fingerprint density at radius 2 is 1.76 bits per heavy atom. The SMILES string of the molecule is CCCNCCNC(=O)C1CCC(c2ccccc2)CC1. The van der Waals surface area contributed by atoms with E-state index in [0.29, 0.717) is 5.92 Å². The quantitative estimate of drug-likeness (QED) is 0.757. The Morgan fingerprint density at radius 3 is 2.43 bits per heavy atom. The summed E-state index contributed by atoms with van der Waals surface area (Å²) >= 11 is 0. The van der Waals surface area contributed by atoms with Crippen LogP contribution in [0.3, 0.4) is 0 Å². The van der Waals surface area contributed by atoms with Gasteiger partial charge in [0.2, 0.25) is 5.91 Å². The Labute approximate surface area is 128 Å². The topological polar surface area (TPSA) is 41.1 Å². The van der Waals surface area contributed by atoms with Gasteiger partial charge >= 0.3 is 0 Å². The van der Waals surface area contributed by atoms with E-state index in [-0.39, 0.29) is 11.8 Å². The second-order valence-corrected chi connectivity index (χ2v) is 6.00. The number of carbonyl (C=O) groups is 1. The lowest BCUT2D eigenvalue weighted by atomic mass is 9.78. The van der Waals surface area contributed by atoms with Gasteiger partial charge in [0.25, 0.3) is 0 Å². The Kier molecular flexibility index (Phi) is 6.74. The molecule has 116 valence electrons. The van der Waals surface area contributed by atoms with Crippen molar-refractivity contribution in [2.75, 3.05) is 19.6 Å². The maximum absolute atomic E-state index is 12.1. The van der Waals surface area contributed by atoms with Gasteiger partial charge in [0.05, 0.1) is 0 Å². The van der Waals surface area contributed by atoms with Crippen molar-refractivity contribution in [1.82, 2.24) is 10.6 Å². The normalized spacial score (nSPS) is 22.0. The van der Waals surface area contributed by atoms with Crippen molar-refractivity contribution >= 4 is 5.91 Å². The third kappa shape index (κ3) is 5.16. The van der Waals surface area contributed by atoms with E-state index in [1.807, 2.05) is 0 Å². The number of rotatable bonds is 7. The molecule has 0 bridgehead atoms. The Morgan fingerprint density at radius 1 is 1.05 bits per heavy atom. The molecule has 3 nitrogen and oxygen atoms in total. The summed E-state index contributed by atoms with van der Waals surface area (Å²) in [5.41, 5.74) is 1.43. The molecule has 0 radical (unpaired) electrons. The number of amides is 1. The molecule has 0 unspecified atom stereocenters. The van der Waals surface area contributed by atoms with Crippen molar-refractivity contribution in [2.45, 2.75) is 44.9 Å². The molecular formula is C18H28N2O. The molecule has 0 aliphatic heterocycles. The lowest BCUT2D eigenvalue weighted by Crippen LogP contribution is -2.37. The average Bonchev–Trinajstić information content (AvgIpc) is 2.55.